The summed E-state index contributed by atoms with van der Waals surface area (Å²) in [6.07, 6.45) is 2.83. The molecule has 1 heterocycles. The number of rotatable bonds is 5. The lowest BCUT2D eigenvalue weighted by atomic mass is 9.77. The van der Waals surface area contributed by atoms with Crippen LogP contribution in [-0.4, -0.2) is 27.6 Å². The molecule has 1 amide bonds. The van der Waals surface area contributed by atoms with Gasteiger partial charge in [-0.05, 0) is 24.0 Å². The minimum absolute atomic E-state index is 0.201. The van der Waals surface area contributed by atoms with E-state index in [0.717, 1.165) is 25.1 Å². The summed E-state index contributed by atoms with van der Waals surface area (Å²) in [5, 5.41) is 9.66. The Kier molecular flexibility index (Phi) is 3.50. The Morgan fingerprint density at radius 1 is 1.45 bits per heavy atom. The molecule has 1 atom stereocenters. The monoisotopic (exact) mass is 270 g/mol. The number of hydrogen-bond acceptors (Lipinski definition) is 3. The number of nitrogens with zero attached hydrogens (tertiary/aromatic N) is 2. The molecule has 5 nitrogen and oxygen atoms in total. The van der Waals surface area contributed by atoms with Gasteiger partial charge in [-0.15, -0.1) is 5.10 Å². The van der Waals surface area contributed by atoms with Crippen LogP contribution in [0.15, 0.2) is 24.3 Å². The van der Waals surface area contributed by atoms with Gasteiger partial charge in [0.2, 0.25) is 5.82 Å². The fraction of sp³-hybridized carbons (Fsp3) is 0.400. The summed E-state index contributed by atoms with van der Waals surface area (Å²) in [4.78, 5) is 16.1. The summed E-state index contributed by atoms with van der Waals surface area (Å²) in [5.74, 6) is 1.23. The molecule has 0 bridgehead atoms. The normalized spacial score (nSPS) is 16.4. The average molecular weight is 270 g/mol. The molecule has 0 saturated carbocycles. The van der Waals surface area contributed by atoms with Crippen LogP contribution in [0, 0.1) is 0 Å². The van der Waals surface area contributed by atoms with Crippen molar-refractivity contribution in [1.82, 2.24) is 20.5 Å². The number of benzene rings is 1. The van der Waals surface area contributed by atoms with Crippen LogP contribution in [0.1, 0.15) is 46.8 Å². The second-order valence-corrected chi connectivity index (χ2v) is 5.17. The van der Waals surface area contributed by atoms with Crippen molar-refractivity contribution in [2.75, 3.05) is 6.54 Å². The zero-order valence-corrected chi connectivity index (χ0v) is 11.5. The number of amides is 1. The van der Waals surface area contributed by atoms with Gasteiger partial charge in [-0.2, -0.15) is 0 Å². The van der Waals surface area contributed by atoms with E-state index in [4.69, 9.17) is 0 Å². The number of aromatic amines is 1. The zero-order valence-electron chi connectivity index (χ0n) is 11.5. The van der Waals surface area contributed by atoms with Gasteiger partial charge in [-0.25, -0.2) is 4.98 Å². The molecular weight excluding hydrogens is 252 g/mol. The highest BCUT2D eigenvalue weighted by molar-refractivity contribution is 5.90. The number of hydrogen-bond donors (Lipinski definition) is 2. The molecule has 2 N–H and O–H groups in total. The predicted octanol–water partition coefficient (Wildman–Crippen LogP) is 1.83. The number of nitrogens with one attached hydrogen (secondary N) is 2. The molecule has 5 heteroatoms. The largest absolute Gasteiger partial charge is 0.349 e. The Morgan fingerprint density at radius 3 is 3.10 bits per heavy atom. The van der Waals surface area contributed by atoms with Gasteiger partial charge in [0.15, 0.2) is 0 Å². The second-order valence-electron chi connectivity index (χ2n) is 5.17. The summed E-state index contributed by atoms with van der Waals surface area (Å²) >= 11 is 0. The van der Waals surface area contributed by atoms with E-state index in [9.17, 15) is 4.79 Å². The van der Waals surface area contributed by atoms with E-state index in [1.54, 1.807) is 0 Å². The first kappa shape index (κ1) is 12.8. The molecule has 0 saturated heterocycles. The second kappa shape index (κ2) is 5.45. The number of aromatic nitrogens is 3. The summed E-state index contributed by atoms with van der Waals surface area (Å²) < 4.78 is 0. The van der Waals surface area contributed by atoms with Gasteiger partial charge in [0.25, 0.3) is 5.91 Å². The lowest BCUT2D eigenvalue weighted by molar-refractivity contribution is 0.0940. The first-order chi connectivity index (χ1) is 9.78. The lowest BCUT2D eigenvalue weighted by Crippen LogP contribution is -2.33. The third-order valence-electron chi connectivity index (χ3n) is 3.69. The van der Waals surface area contributed by atoms with Crippen LogP contribution in [0.4, 0.5) is 0 Å². The SMILES string of the molecule is CCCc1nc(C(=O)NCC2Cc3ccccc32)n[nH]1. The number of aryl methyl sites for hydroxylation is 1. The maximum Gasteiger partial charge on any atom is 0.290 e. The van der Waals surface area contributed by atoms with Crippen LogP contribution in [0.2, 0.25) is 0 Å². The molecule has 1 aromatic heterocycles. The van der Waals surface area contributed by atoms with Gasteiger partial charge < -0.3 is 5.32 Å². The number of H-pyrrole nitrogens is 1. The summed E-state index contributed by atoms with van der Waals surface area (Å²) in [6.45, 7) is 2.71. The Bertz CT molecular complexity index is 620. The van der Waals surface area contributed by atoms with E-state index < -0.39 is 0 Å². The highest BCUT2D eigenvalue weighted by atomic mass is 16.2. The third-order valence-corrected chi connectivity index (χ3v) is 3.69. The first-order valence-electron chi connectivity index (χ1n) is 7.05. The van der Waals surface area contributed by atoms with Crippen LogP contribution < -0.4 is 5.32 Å². The highest BCUT2D eigenvalue weighted by Gasteiger charge is 2.26. The maximum atomic E-state index is 12.0. The van der Waals surface area contributed by atoms with Crippen LogP contribution in [0.25, 0.3) is 0 Å². The van der Waals surface area contributed by atoms with Crippen molar-refractivity contribution < 1.29 is 4.79 Å². The smallest absolute Gasteiger partial charge is 0.290 e. The topological polar surface area (TPSA) is 70.7 Å². The van der Waals surface area contributed by atoms with Crippen LogP contribution in [-0.2, 0) is 12.8 Å². The van der Waals surface area contributed by atoms with Crippen molar-refractivity contribution >= 4 is 5.91 Å². The van der Waals surface area contributed by atoms with Crippen molar-refractivity contribution in [2.45, 2.75) is 32.1 Å². The number of fused-ring (bicyclic) bond motifs is 1. The van der Waals surface area contributed by atoms with Crippen LogP contribution >= 0.6 is 0 Å². The van der Waals surface area contributed by atoms with Crippen molar-refractivity contribution in [3.63, 3.8) is 0 Å². The Labute approximate surface area is 117 Å². The zero-order chi connectivity index (χ0) is 13.9. The van der Waals surface area contributed by atoms with Gasteiger partial charge in [-0.3, -0.25) is 9.89 Å². The molecule has 1 aliphatic carbocycles. The van der Waals surface area contributed by atoms with Gasteiger partial charge in [0.05, 0.1) is 0 Å². The number of carbonyl (C=O) groups is 1. The summed E-state index contributed by atoms with van der Waals surface area (Å²) in [6, 6.07) is 8.36. The van der Waals surface area contributed by atoms with Crippen LogP contribution in [0.3, 0.4) is 0 Å². The minimum Gasteiger partial charge on any atom is -0.349 e. The van der Waals surface area contributed by atoms with E-state index in [2.05, 4.69) is 45.6 Å². The van der Waals surface area contributed by atoms with E-state index in [-0.39, 0.29) is 11.7 Å². The molecule has 1 unspecified atom stereocenters. The molecule has 104 valence electrons. The molecule has 2 aromatic rings. The Hall–Kier alpha value is -2.17. The lowest BCUT2D eigenvalue weighted by Gasteiger charge is -2.29. The van der Waals surface area contributed by atoms with Crippen molar-refractivity contribution in [3.05, 3.63) is 47.0 Å². The first-order valence-corrected chi connectivity index (χ1v) is 7.05. The Morgan fingerprint density at radius 2 is 2.30 bits per heavy atom. The minimum atomic E-state index is -0.201. The molecule has 0 aliphatic heterocycles. The summed E-state index contributed by atoms with van der Waals surface area (Å²) in [5.41, 5.74) is 2.73. The maximum absolute atomic E-state index is 12.0. The molecule has 1 aliphatic rings. The van der Waals surface area contributed by atoms with Crippen LogP contribution in [0.5, 0.6) is 0 Å². The molecular formula is C15H18N4O. The molecule has 3 rings (SSSR count). The van der Waals surface area contributed by atoms with Gasteiger partial charge in [0, 0.05) is 18.9 Å². The van der Waals surface area contributed by atoms with Crippen molar-refractivity contribution in [2.24, 2.45) is 0 Å². The van der Waals surface area contributed by atoms with Gasteiger partial charge in [0.1, 0.15) is 5.82 Å². The highest BCUT2D eigenvalue weighted by Crippen LogP contribution is 2.33. The number of carbonyl (C=O) groups excluding carboxylic acids is 1. The third kappa shape index (κ3) is 2.43. The van der Waals surface area contributed by atoms with Crippen molar-refractivity contribution in [3.8, 4) is 0 Å². The Balaban J connectivity index is 1.55. The molecule has 0 fully saturated rings. The van der Waals surface area contributed by atoms with E-state index in [0.29, 0.717) is 12.5 Å². The fourth-order valence-electron chi connectivity index (χ4n) is 2.59. The van der Waals surface area contributed by atoms with E-state index in [1.165, 1.54) is 11.1 Å². The predicted molar refractivity (Wildman–Crippen MR) is 75.6 cm³/mol. The summed E-state index contributed by atoms with van der Waals surface area (Å²) in [7, 11) is 0. The molecule has 1 aromatic carbocycles. The molecule has 20 heavy (non-hydrogen) atoms. The fourth-order valence-corrected chi connectivity index (χ4v) is 2.59. The van der Waals surface area contributed by atoms with E-state index >= 15 is 0 Å². The average Bonchev–Trinajstić information content (AvgIpc) is 2.89. The molecule has 0 radical (unpaired) electrons. The van der Waals surface area contributed by atoms with Gasteiger partial charge >= 0.3 is 0 Å². The van der Waals surface area contributed by atoms with Gasteiger partial charge in [-0.1, -0.05) is 31.2 Å². The van der Waals surface area contributed by atoms with E-state index in [1.807, 2.05) is 6.07 Å². The van der Waals surface area contributed by atoms with Crippen molar-refractivity contribution in [1.29, 1.82) is 0 Å². The standard InChI is InChI=1S/C15H18N4O/c1-2-5-13-17-14(19-18-13)15(20)16-9-11-8-10-6-3-4-7-12(10)11/h3-4,6-7,11H,2,5,8-9H2,1H3,(H,16,20)(H,17,18,19). The molecule has 0 spiro atoms. The quantitative estimate of drug-likeness (QED) is 0.870.